The molecule has 252 valence electrons. The molecule has 17 heteroatoms. The number of hydrogen-bond acceptors (Lipinski definition) is 10. The maximum Gasteiger partial charge on any atom is 0.416 e. The Hall–Kier alpha value is -3.79. The minimum atomic E-state index is -4.72. The van der Waals surface area contributed by atoms with Gasteiger partial charge in [-0.25, -0.2) is 31.3 Å². The topological polar surface area (TPSA) is 149 Å². The van der Waals surface area contributed by atoms with Crippen molar-refractivity contribution >= 4 is 37.5 Å². The van der Waals surface area contributed by atoms with Gasteiger partial charge in [-0.15, -0.1) is 0 Å². The van der Waals surface area contributed by atoms with Crippen molar-refractivity contribution in [1.82, 2.24) is 29.2 Å². The van der Waals surface area contributed by atoms with Crippen molar-refractivity contribution < 1.29 is 30.0 Å². The molecule has 0 radical (unpaired) electrons. The Morgan fingerprint density at radius 3 is 2.62 bits per heavy atom. The van der Waals surface area contributed by atoms with Crippen molar-refractivity contribution in [2.45, 2.75) is 35.4 Å². The summed E-state index contributed by atoms with van der Waals surface area (Å²) in [5, 5.41) is 6.11. The zero-order valence-corrected chi connectivity index (χ0v) is 27.2. The number of alkyl halides is 3. The first kappa shape index (κ1) is 34.5. The van der Waals surface area contributed by atoms with Crippen LogP contribution in [0.15, 0.2) is 58.5 Å². The fraction of sp³-hybridized carbons (Fsp3) is 0.400. The van der Waals surface area contributed by atoms with Crippen LogP contribution in [-0.4, -0.2) is 89.5 Å². The van der Waals surface area contributed by atoms with Crippen LogP contribution >= 0.6 is 0 Å². The lowest BCUT2D eigenvalue weighted by atomic mass is 10.1. The molecule has 4 N–H and O–H groups in total. The summed E-state index contributed by atoms with van der Waals surface area (Å²) in [5.74, 6) is 6.36. The van der Waals surface area contributed by atoms with Crippen molar-refractivity contribution in [2.75, 3.05) is 63.5 Å². The zero-order valence-electron chi connectivity index (χ0n) is 25.6. The number of aromatic nitrogens is 2. The lowest BCUT2D eigenvalue weighted by molar-refractivity contribution is -0.138. The van der Waals surface area contributed by atoms with E-state index in [1.807, 2.05) is 11.9 Å². The second-order valence-corrected chi connectivity index (χ2v) is 14.7. The number of rotatable bonds is 6. The zero-order chi connectivity index (χ0) is 33.7. The Morgan fingerprint density at radius 1 is 1.06 bits per heavy atom. The largest absolute Gasteiger partial charge is 0.416 e. The molecule has 2 aromatic carbocycles. The number of hydrogen-bond donors (Lipinski definition) is 4. The molecule has 1 saturated heterocycles. The molecule has 3 aromatic rings. The average Bonchev–Trinajstić information content (AvgIpc) is 3.02. The van der Waals surface area contributed by atoms with E-state index in [0.29, 0.717) is 49.2 Å². The molecule has 2 aliphatic heterocycles. The Balaban J connectivity index is 1.24. The Labute approximate surface area is 272 Å². The van der Waals surface area contributed by atoms with E-state index in [1.165, 1.54) is 30.5 Å². The number of likely N-dealkylation sites (N-methyl/N-ethyl adjacent to an activating group) is 1. The van der Waals surface area contributed by atoms with E-state index >= 15 is 0 Å². The molecule has 0 aliphatic carbocycles. The van der Waals surface area contributed by atoms with Gasteiger partial charge in [0.1, 0.15) is 5.82 Å². The van der Waals surface area contributed by atoms with E-state index in [2.05, 4.69) is 46.8 Å². The third-order valence-corrected chi connectivity index (χ3v) is 10.5. The van der Waals surface area contributed by atoms with Gasteiger partial charge in [0, 0.05) is 64.5 Å². The van der Waals surface area contributed by atoms with Crippen LogP contribution in [0.4, 0.5) is 30.6 Å². The van der Waals surface area contributed by atoms with E-state index in [4.69, 9.17) is 0 Å². The molecule has 4 bridgehead atoms. The first-order valence-corrected chi connectivity index (χ1v) is 17.8. The SMILES string of the molecule is CN1CCN(Cc2ccc(S(=O)(=O)NCCC#Cc3cnc4nc3NCCCNS(=O)(=O)c3cccc(c3)N4)cc2C(F)(F)F)CC1. The van der Waals surface area contributed by atoms with Crippen LogP contribution in [0.2, 0.25) is 0 Å². The number of anilines is 3. The van der Waals surface area contributed by atoms with Crippen molar-refractivity contribution in [1.29, 1.82) is 0 Å². The molecule has 2 aliphatic rings. The third-order valence-electron chi connectivity index (χ3n) is 7.58. The number of nitrogens with one attached hydrogen (secondary N) is 4. The predicted octanol–water partition coefficient (Wildman–Crippen LogP) is 2.80. The highest BCUT2D eigenvalue weighted by atomic mass is 32.2. The van der Waals surface area contributed by atoms with Crippen molar-refractivity contribution in [3.63, 3.8) is 0 Å². The molecular formula is C30H35F3N8O4S2. The maximum absolute atomic E-state index is 14.0. The quantitative estimate of drug-likeness (QED) is 0.225. The Bertz CT molecular complexity index is 1870. The van der Waals surface area contributed by atoms with Gasteiger partial charge >= 0.3 is 6.18 Å². The summed E-state index contributed by atoms with van der Waals surface area (Å²) in [6.07, 6.45) is -2.73. The van der Waals surface area contributed by atoms with Gasteiger partial charge in [0.05, 0.1) is 27.1 Å². The highest BCUT2D eigenvalue weighted by molar-refractivity contribution is 7.89. The van der Waals surface area contributed by atoms with Crippen molar-refractivity contribution in [2.24, 2.45) is 0 Å². The van der Waals surface area contributed by atoms with Crippen LogP contribution in [0.5, 0.6) is 0 Å². The first-order chi connectivity index (χ1) is 22.3. The van der Waals surface area contributed by atoms with Crippen LogP contribution in [0.25, 0.3) is 0 Å². The van der Waals surface area contributed by atoms with E-state index in [-0.39, 0.29) is 42.5 Å². The number of halogens is 3. The van der Waals surface area contributed by atoms with E-state index in [0.717, 1.165) is 13.1 Å². The van der Waals surface area contributed by atoms with Crippen LogP contribution in [0.3, 0.4) is 0 Å². The van der Waals surface area contributed by atoms with E-state index < -0.39 is 36.7 Å². The van der Waals surface area contributed by atoms with Gasteiger partial charge in [0.25, 0.3) is 0 Å². The molecule has 0 unspecified atom stereocenters. The molecular weight excluding hydrogens is 658 g/mol. The summed E-state index contributed by atoms with van der Waals surface area (Å²) < 4.78 is 97.7. The Kier molecular flexibility index (Phi) is 10.7. The molecule has 0 amide bonds. The van der Waals surface area contributed by atoms with Gasteiger partial charge in [0.2, 0.25) is 26.0 Å². The maximum atomic E-state index is 14.0. The molecule has 0 saturated carbocycles. The van der Waals surface area contributed by atoms with Gasteiger partial charge in [-0.3, -0.25) is 4.90 Å². The van der Waals surface area contributed by atoms with Crippen molar-refractivity contribution in [3.8, 4) is 11.8 Å². The lowest BCUT2D eigenvalue weighted by Gasteiger charge is -2.33. The van der Waals surface area contributed by atoms with Crippen LogP contribution in [0, 0.1) is 11.8 Å². The lowest BCUT2D eigenvalue weighted by Crippen LogP contribution is -2.44. The summed E-state index contributed by atoms with van der Waals surface area (Å²) in [5.41, 5.74) is -0.0457. The van der Waals surface area contributed by atoms with Crippen molar-refractivity contribution in [3.05, 3.63) is 65.4 Å². The number of sulfonamides is 2. The fourth-order valence-electron chi connectivity index (χ4n) is 4.98. The molecule has 1 fully saturated rings. The van der Waals surface area contributed by atoms with Gasteiger partial charge in [0.15, 0.2) is 0 Å². The van der Waals surface area contributed by atoms with Gasteiger partial charge in [-0.05, 0) is 49.4 Å². The number of fused-ring (bicyclic) bond motifs is 4. The average molecular weight is 693 g/mol. The summed E-state index contributed by atoms with van der Waals surface area (Å²) >= 11 is 0. The Morgan fingerprint density at radius 2 is 1.85 bits per heavy atom. The molecule has 12 nitrogen and oxygen atoms in total. The monoisotopic (exact) mass is 692 g/mol. The third kappa shape index (κ3) is 9.18. The summed E-state index contributed by atoms with van der Waals surface area (Å²) in [7, 11) is -5.98. The number of nitrogens with zero attached hydrogens (tertiary/aromatic N) is 4. The molecule has 1 aromatic heterocycles. The van der Waals surface area contributed by atoms with Crippen LogP contribution in [0.1, 0.15) is 29.5 Å². The van der Waals surface area contributed by atoms with Crippen LogP contribution < -0.4 is 20.1 Å². The van der Waals surface area contributed by atoms with Crippen LogP contribution in [-0.2, 0) is 32.8 Å². The number of benzene rings is 2. The minimum absolute atomic E-state index is 0.0299. The predicted molar refractivity (Wildman–Crippen MR) is 171 cm³/mol. The fourth-order valence-corrected chi connectivity index (χ4v) is 7.16. The normalized spacial score (nSPS) is 17.5. The van der Waals surface area contributed by atoms with E-state index in [1.54, 1.807) is 12.1 Å². The highest BCUT2D eigenvalue weighted by Crippen LogP contribution is 2.34. The number of piperazine rings is 1. The highest BCUT2D eigenvalue weighted by Gasteiger charge is 2.35. The summed E-state index contributed by atoms with van der Waals surface area (Å²) in [4.78, 5) is 12.4. The van der Waals surface area contributed by atoms with Gasteiger partial charge in [-0.1, -0.05) is 24.0 Å². The minimum Gasteiger partial charge on any atom is -0.369 e. The second-order valence-electron chi connectivity index (χ2n) is 11.1. The second kappa shape index (κ2) is 14.5. The standard InChI is InChI=1S/C30H35F3N8O4S2/c1-40-14-16-41(17-15-40)21-23-9-10-26(19-27(23)30(31,32)33)47(44,45)36-12-3-2-6-22-20-35-29-38-24-7-4-8-25(18-24)46(42,43)37-13-5-11-34-28(22)39-29/h4,7-10,18-20,36-37H,3,5,11-17,21H2,1H3,(H2,34,35,38,39). The van der Waals surface area contributed by atoms with Gasteiger partial charge in [-0.2, -0.15) is 18.2 Å². The molecule has 47 heavy (non-hydrogen) atoms. The first-order valence-electron chi connectivity index (χ1n) is 14.9. The molecule has 3 heterocycles. The molecule has 0 spiro atoms. The van der Waals surface area contributed by atoms with E-state index in [9.17, 15) is 30.0 Å². The smallest absolute Gasteiger partial charge is 0.369 e. The van der Waals surface area contributed by atoms with Gasteiger partial charge < -0.3 is 15.5 Å². The molecule has 0 atom stereocenters. The molecule has 5 rings (SSSR count). The summed E-state index contributed by atoms with van der Waals surface area (Å²) in [6, 6.07) is 9.36. The summed E-state index contributed by atoms with van der Waals surface area (Å²) in [6.45, 7) is 3.24.